The quantitative estimate of drug-likeness (QED) is 0.865. The van der Waals surface area contributed by atoms with Gasteiger partial charge in [0.2, 0.25) is 5.91 Å². The standard InChI is InChI=1S/C15H20N2O/c1-9-4-7-13(10(2)8-9)14-16-11(3)15(18)17(14)12-5-6-12/h4,7-8,11-12,14,16H,5-6H2,1-3H3. The summed E-state index contributed by atoms with van der Waals surface area (Å²) in [5, 5.41) is 3.43. The van der Waals surface area contributed by atoms with Crippen molar-refractivity contribution in [1.82, 2.24) is 10.2 Å². The van der Waals surface area contributed by atoms with E-state index in [4.69, 9.17) is 0 Å². The van der Waals surface area contributed by atoms with Gasteiger partial charge < -0.3 is 4.90 Å². The minimum Gasteiger partial charge on any atom is -0.319 e. The first-order chi connectivity index (χ1) is 8.58. The number of nitrogens with zero attached hydrogens (tertiary/aromatic N) is 1. The number of aryl methyl sites for hydroxylation is 2. The molecular weight excluding hydrogens is 224 g/mol. The van der Waals surface area contributed by atoms with E-state index in [1.54, 1.807) is 0 Å². The molecule has 96 valence electrons. The Hall–Kier alpha value is -1.35. The van der Waals surface area contributed by atoms with Crippen LogP contribution in [0.5, 0.6) is 0 Å². The first kappa shape index (κ1) is 11.7. The Morgan fingerprint density at radius 2 is 2.00 bits per heavy atom. The van der Waals surface area contributed by atoms with Crippen LogP contribution in [0.3, 0.4) is 0 Å². The van der Waals surface area contributed by atoms with Crippen molar-refractivity contribution >= 4 is 5.91 Å². The summed E-state index contributed by atoms with van der Waals surface area (Å²) in [5.41, 5.74) is 3.77. The van der Waals surface area contributed by atoms with Crippen LogP contribution in [0.15, 0.2) is 18.2 Å². The topological polar surface area (TPSA) is 32.3 Å². The van der Waals surface area contributed by atoms with E-state index >= 15 is 0 Å². The number of hydrogen-bond donors (Lipinski definition) is 1. The molecule has 0 aromatic heterocycles. The summed E-state index contributed by atoms with van der Waals surface area (Å²) in [5.74, 6) is 0.252. The highest BCUT2D eigenvalue weighted by Gasteiger charge is 2.45. The molecule has 1 heterocycles. The lowest BCUT2D eigenvalue weighted by Gasteiger charge is -2.25. The maximum absolute atomic E-state index is 12.2. The summed E-state index contributed by atoms with van der Waals surface area (Å²) in [4.78, 5) is 14.3. The molecule has 1 aliphatic heterocycles. The highest BCUT2D eigenvalue weighted by atomic mass is 16.2. The largest absolute Gasteiger partial charge is 0.319 e. The third-order valence-corrected chi connectivity index (χ3v) is 3.97. The fourth-order valence-electron chi connectivity index (χ4n) is 2.85. The average molecular weight is 244 g/mol. The van der Waals surface area contributed by atoms with Gasteiger partial charge in [-0.2, -0.15) is 0 Å². The SMILES string of the molecule is Cc1ccc(C2NC(C)C(=O)N2C2CC2)c(C)c1. The molecule has 2 aliphatic rings. The van der Waals surface area contributed by atoms with E-state index in [-0.39, 0.29) is 18.1 Å². The minimum absolute atomic E-state index is 0.0590. The zero-order valence-electron chi connectivity index (χ0n) is 11.2. The lowest BCUT2D eigenvalue weighted by atomic mass is 10.0. The molecule has 3 heteroatoms. The summed E-state index contributed by atoms with van der Waals surface area (Å²) in [6.45, 7) is 6.19. The molecule has 2 fully saturated rings. The van der Waals surface area contributed by atoms with E-state index in [0.29, 0.717) is 6.04 Å². The molecule has 1 aromatic rings. The first-order valence-corrected chi connectivity index (χ1v) is 6.73. The molecular formula is C15H20N2O. The Labute approximate surface area is 108 Å². The zero-order chi connectivity index (χ0) is 12.9. The summed E-state index contributed by atoms with van der Waals surface area (Å²) in [6.07, 6.45) is 2.38. The summed E-state index contributed by atoms with van der Waals surface area (Å²) in [7, 11) is 0. The predicted molar refractivity (Wildman–Crippen MR) is 71.1 cm³/mol. The fraction of sp³-hybridized carbons (Fsp3) is 0.533. The second kappa shape index (κ2) is 4.09. The van der Waals surface area contributed by atoms with Crippen LogP contribution in [0.25, 0.3) is 0 Å². The van der Waals surface area contributed by atoms with E-state index in [1.807, 2.05) is 6.92 Å². The molecule has 2 atom stereocenters. The molecule has 0 bridgehead atoms. The van der Waals surface area contributed by atoms with E-state index in [0.717, 1.165) is 12.8 Å². The Balaban J connectivity index is 1.97. The van der Waals surface area contributed by atoms with Crippen LogP contribution in [-0.2, 0) is 4.79 Å². The van der Waals surface area contributed by atoms with Gasteiger partial charge in [0.1, 0.15) is 6.17 Å². The molecule has 2 unspecified atom stereocenters. The maximum atomic E-state index is 12.2. The number of benzene rings is 1. The van der Waals surface area contributed by atoms with Gasteiger partial charge in [-0.1, -0.05) is 23.8 Å². The lowest BCUT2D eigenvalue weighted by molar-refractivity contribution is -0.130. The van der Waals surface area contributed by atoms with Crippen LogP contribution in [0.2, 0.25) is 0 Å². The van der Waals surface area contributed by atoms with Gasteiger partial charge in [-0.25, -0.2) is 0 Å². The fourth-order valence-corrected chi connectivity index (χ4v) is 2.85. The van der Waals surface area contributed by atoms with Crippen LogP contribution in [0, 0.1) is 13.8 Å². The molecule has 18 heavy (non-hydrogen) atoms. The van der Waals surface area contributed by atoms with Crippen LogP contribution in [-0.4, -0.2) is 22.9 Å². The van der Waals surface area contributed by atoms with Crippen molar-refractivity contribution in [3.8, 4) is 0 Å². The molecule has 1 N–H and O–H groups in total. The first-order valence-electron chi connectivity index (χ1n) is 6.73. The van der Waals surface area contributed by atoms with Crippen molar-refractivity contribution in [3.63, 3.8) is 0 Å². The average Bonchev–Trinajstić information content (AvgIpc) is 3.08. The van der Waals surface area contributed by atoms with Crippen molar-refractivity contribution in [2.24, 2.45) is 0 Å². The van der Waals surface area contributed by atoms with E-state index in [1.165, 1.54) is 16.7 Å². The number of nitrogens with one attached hydrogen (secondary N) is 1. The molecule has 3 nitrogen and oxygen atoms in total. The third kappa shape index (κ3) is 1.83. The van der Waals surface area contributed by atoms with Gasteiger partial charge >= 0.3 is 0 Å². The van der Waals surface area contributed by atoms with Crippen molar-refractivity contribution in [1.29, 1.82) is 0 Å². The van der Waals surface area contributed by atoms with Gasteiger partial charge in [-0.3, -0.25) is 10.1 Å². The van der Waals surface area contributed by atoms with E-state index in [2.05, 4.69) is 42.3 Å². The number of rotatable bonds is 2. The van der Waals surface area contributed by atoms with Crippen LogP contribution in [0.4, 0.5) is 0 Å². The van der Waals surface area contributed by atoms with Gasteiger partial charge in [-0.15, -0.1) is 0 Å². The van der Waals surface area contributed by atoms with Crippen LogP contribution in [0.1, 0.15) is 42.6 Å². The Morgan fingerprint density at radius 3 is 2.61 bits per heavy atom. The van der Waals surface area contributed by atoms with Crippen LogP contribution >= 0.6 is 0 Å². The lowest BCUT2D eigenvalue weighted by Crippen LogP contribution is -2.32. The van der Waals surface area contributed by atoms with Crippen molar-refractivity contribution in [2.75, 3.05) is 0 Å². The van der Waals surface area contributed by atoms with Gasteiger partial charge in [0.15, 0.2) is 0 Å². The van der Waals surface area contributed by atoms with Crippen molar-refractivity contribution in [3.05, 3.63) is 34.9 Å². The van der Waals surface area contributed by atoms with E-state index in [9.17, 15) is 4.79 Å². The zero-order valence-corrected chi connectivity index (χ0v) is 11.2. The smallest absolute Gasteiger partial charge is 0.241 e. The second-order valence-electron chi connectivity index (χ2n) is 5.63. The predicted octanol–water partition coefficient (Wildman–Crippen LogP) is 2.28. The molecule has 0 radical (unpaired) electrons. The number of hydrogen-bond acceptors (Lipinski definition) is 2. The number of amides is 1. The summed E-state index contributed by atoms with van der Waals surface area (Å²) < 4.78 is 0. The highest BCUT2D eigenvalue weighted by molar-refractivity contribution is 5.84. The number of carbonyl (C=O) groups is 1. The molecule has 1 saturated heterocycles. The highest BCUT2D eigenvalue weighted by Crippen LogP contribution is 2.38. The molecule has 3 rings (SSSR count). The molecule has 1 saturated carbocycles. The summed E-state index contributed by atoms with van der Waals surface area (Å²) in [6, 6.07) is 6.87. The monoisotopic (exact) mass is 244 g/mol. The minimum atomic E-state index is -0.0590. The number of carbonyl (C=O) groups excluding carboxylic acids is 1. The van der Waals surface area contributed by atoms with Crippen molar-refractivity contribution < 1.29 is 4.79 Å². The third-order valence-electron chi connectivity index (χ3n) is 3.97. The molecule has 1 aliphatic carbocycles. The Kier molecular flexibility index (Phi) is 2.67. The molecule has 1 amide bonds. The molecule has 0 spiro atoms. The Morgan fingerprint density at radius 1 is 1.28 bits per heavy atom. The van der Waals surface area contributed by atoms with Gasteiger partial charge in [-0.05, 0) is 44.7 Å². The summed E-state index contributed by atoms with van der Waals surface area (Å²) >= 11 is 0. The van der Waals surface area contributed by atoms with Crippen LogP contribution < -0.4 is 5.32 Å². The maximum Gasteiger partial charge on any atom is 0.241 e. The normalized spacial score (nSPS) is 27.9. The molecule has 1 aromatic carbocycles. The van der Waals surface area contributed by atoms with Crippen molar-refractivity contribution in [2.45, 2.75) is 51.9 Å². The van der Waals surface area contributed by atoms with Gasteiger partial charge in [0.25, 0.3) is 0 Å². The van der Waals surface area contributed by atoms with Gasteiger partial charge in [0.05, 0.1) is 6.04 Å². The Bertz CT molecular complexity index is 493. The second-order valence-corrected chi connectivity index (χ2v) is 5.63. The van der Waals surface area contributed by atoms with Gasteiger partial charge in [0, 0.05) is 6.04 Å². The van der Waals surface area contributed by atoms with E-state index < -0.39 is 0 Å².